The highest BCUT2D eigenvalue weighted by Gasteiger charge is 2.43. The summed E-state index contributed by atoms with van der Waals surface area (Å²) in [5, 5.41) is 46.8. The number of benzene rings is 1. The van der Waals surface area contributed by atoms with Crippen LogP contribution in [-0.4, -0.2) is 62.8 Å². The molecule has 5 N–H and O–H groups in total. The number of hydrogen-bond donors (Lipinski definition) is 5. The zero-order chi connectivity index (χ0) is 14.7. The first-order valence-electron chi connectivity index (χ1n) is 6.23. The van der Waals surface area contributed by atoms with E-state index in [-0.39, 0.29) is 0 Å². The van der Waals surface area contributed by atoms with Gasteiger partial charge in [-0.3, -0.25) is 0 Å². The van der Waals surface area contributed by atoms with E-state index >= 15 is 0 Å². The Bertz CT molecular complexity index is 406. The van der Waals surface area contributed by atoms with Crippen molar-refractivity contribution >= 4 is 0 Å². The fourth-order valence-corrected chi connectivity index (χ4v) is 1.88. The zero-order valence-electron chi connectivity index (χ0n) is 10.6. The first kappa shape index (κ1) is 15.3. The zero-order valence-corrected chi connectivity index (χ0v) is 10.6. The third-order valence-corrected chi connectivity index (χ3v) is 3.15. The second-order valence-corrected chi connectivity index (χ2v) is 4.60. The molecule has 0 spiro atoms. The highest BCUT2D eigenvalue weighted by atomic mass is 16.9. The smallest absolute Gasteiger partial charge is 0.192 e. The van der Waals surface area contributed by atoms with Gasteiger partial charge in [0, 0.05) is 5.56 Å². The molecule has 0 unspecified atom stereocenters. The van der Waals surface area contributed by atoms with E-state index in [2.05, 4.69) is 0 Å². The molecule has 20 heavy (non-hydrogen) atoms. The predicted octanol–water partition coefficient (Wildman–Crippen LogP) is -1.51. The fraction of sp³-hybridized carbons (Fsp3) is 0.538. The topological polar surface area (TPSA) is 120 Å². The van der Waals surface area contributed by atoms with Gasteiger partial charge in [0.1, 0.15) is 24.4 Å². The van der Waals surface area contributed by atoms with Crippen LogP contribution < -0.4 is 0 Å². The van der Waals surface area contributed by atoms with E-state index < -0.39 is 43.6 Å². The number of aliphatic hydroxyl groups excluding tert-OH is 5. The van der Waals surface area contributed by atoms with Crippen LogP contribution in [0.3, 0.4) is 0 Å². The van der Waals surface area contributed by atoms with Gasteiger partial charge in [0.15, 0.2) is 12.6 Å². The highest BCUT2D eigenvalue weighted by molar-refractivity contribution is 5.16. The maximum absolute atomic E-state index is 9.76. The van der Waals surface area contributed by atoms with Crippen LogP contribution in [0, 0.1) is 0 Å². The molecule has 1 aliphatic rings. The summed E-state index contributed by atoms with van der Waals surface area (Å²) < 4.78 is 10.6. The van der Waals surface area contributed by atoms with E-state index in [0.29, 0.717) is 0 Å². The lowest BCUT2D eigenvalue weighted by Crippen LogP contribution is -2.54. The standard InChI is InChI=1S/C13H18O7/c14-6-8(15)9(16)10(17)11(18)13-19-12(20-13)7-4-2-1-3-5-7/h1-5,8-18H,6H2/t8-,9+,10+,11-,12?,13?/m1/s1. The Morgan fingerprint density at radius 1 is 0.950 bits per heavy atom. The monoisotopic (exact) mass is 286 g/mol. The van der Waals surface area contributed by atoms with Gasteiger partial charge < -0.3 is 35.0 Å². The van der Waals surface area contributed by atoms with E-state index in [1.165, 1.54) is 0 Å². The predicted molar refractivity (Wildman–Crippen MR) is 66.3 cm³/mol. The van der Waals surface area contributed by atoms with E-state index in [1.54, 1.807) is 12.1 Å². The third kappa shape index (κ3) is 3.15. The summed E-state index contributed by atoms with van der Waals surface area (Å²) in [5.74, 6) is 0. The van der Waals surface area contributed by atoms with Crippen molar-refractivity contribution in [1.82, 2.24) is 0 Å². The molecular formula is C13H18O7. The largest absolute Gasteiger partial charge is 0.394 e. The number of ether oxygens (including phenoxy) is 2. The lowest BCUT2D eigenvalue weighted by Gasteiger charge is -2.41. The average molecular weight is 286 g/mol. The van der Waals surface area contributed by atoms with Crippen LogP contribution in [0.15, 0.2) is 30.3 Å². The van der Waals surface area contributed by atoms with Crippen LogP contribution in [-0.2, 0) is 9.47 Å². The van der Waals surface area contributed by atoms with Gasteiger partial charge in [-0.05, 0) is 0 Å². The first-order chi connectivity index (χ1) is 9.54. The number of hydrogen-bond acceptors (Lipinski definition) is 7. The van der Waals surface area contributed by atoms with Gasteiger partial charge in [0.25, 0.3) is 0 Å². The van der Waals surface area contributed by atoms with Gasteiger partial charge in [0.05, 0.1) is 6.61 Å². The van der Waals surface area contributed by atoms with Crippen LogP contribution >= 0.6 is 0 Å². The van der Waals surface area contributed by atoms with Gasteiger partial charge in [-0.15, -0.1) is 0 Å². The van der Waals surface area contributed by atoms with Gasteiger partial charge in [-0.2, -0.15) is 0 Å². The SMILES string of the molecule is OC[C@@H](O)[C@H](O)[C@H](O)[C@@H](O)C1OC(c2ccccc2)O1. The average Bonchev–Trinajstić information content (AvgIpc) is 2.44. The molecule has 1 saturated heterocycles. The summed E-state index contributed by atoms with van der Waals surface area (Å²) >= 11 is 0. The van der Waals surface area contributed by atoms with Crippen molar-refractivity contribution in [3.8, 4) is 0 Å². The molecule has 1 fully saturated rings. The Morgan fingerprint density at radius 2 is 1.55 bits per heavy atom. The normalized spacial score (nSPS) is 28.2. The first-order valence-corrected chi connectivity index (χ1v) is 6.23. The highest BCUT2D eigenvalue weighted by Crippen LogP contribution is 2.34. The number of aliphatic hydroxyl groups is 5. The van der Waals surface area contributed by atoms with E-state index in [1.807, 2.05) is 18.2 Å². The molecular weight excluding hydrogens is 268 g/mol. The molecule has 7 nitrogen and oxygen atoms in total. The molecule has 0 bridgehead atoms. The summed E-state index contributed by atoms with van der Waals surface area (Å²) in [6, 6.07) is 9.02. The molecule has 2 rings (SSSR count). The van der Waals surface area contributed by atoms with Gasteiger partial charge in [0.2, 0.25) is 0 Å². The van der Waals surface area contributed by atoms with Gasteiger partial charge in [-0.1, -0.05) is 30.3 Å². The molecule has 1 aliphatic heterocycles. The minimum absolute atomic E-state index is 0.636. The Balaban J connectivity index is 1.86. The van der Waals surface area contributed by atoms with Gasteiger partial charge >= 0.3 is 0 Å². The summed E-state index contributed by atoms with van der Waals surface area (Å²) in [7, 11) is 0. The van der Waals surface area contributed by atoms with Crippen molar-refractivity contribution in [2.75, 3.05) is 6.61 Å². The van der Waals surface area contributed by atoms with Crippen LogP contribution in [0.2, 0.25) is 0 Å². The van der Waals surface area contributed by atoms with E-state index in [0.717, 1.165) is 5.56 Å². The van der Waals surface area contributed by atoms with Crippen LogP contribution in [0.25, 0.3) is 0 Å². The molecule has 1 aromatic carbocycles. The molecule has 0 amide bonds. The van der Waals surface area contributed by atoms with Crippen LogP contribution in [0.5, 0.6) is 0 Å². The molecule has 0 radical (unpaired) electrons. The van der Waals surface area contributed by atoms with E-state index in [9.17, 15) is 20.4 Å². The molecule has 112 valence electrons. The Morgan fingerprint density at radius 3 is 2.10 bits per heavy atom. The molecule has 4 atom stereocenters. The van der Waals surface area contributed by atoms with Crippen molar-refractivity contribution in [1.29, 1.82) is 0 Å². The molecule has 0 aliphatic carbocycles. The minimum atomic E-state index is -1.70. The molecule has 7 heteroatoms. The fourth-order valence-electron chi connectivity index (χ4n) is 1.88. The molecule has 1 heterocycles. The summed E-state index contributed by atoms with van der Waals surface area (Å²) in [6.07, 6.45) is -8.22. The second-order valence-electron chi connectivity index (χ2n) is 4.60. The Hall–Kier alpha value is -1.06. The van der Waals surface area contributed by atoms with Crippen molar-refractivity contribution in [3.63, 3.8) is 0 Å². The lowest BCUT2D eigenvalue weighted by molar-refractivity contribution is -0.420. The van der Waals surface area contributed by atoms with Crippen molar-refractivity contribution in [2.24, 2.45) is 0 Å². The van der Waals surface area contributed by atoms with Gasteiger partial charge in [-0.25, -0.2) is 0 Å². The quantitative estimate of drug-likeness (QED) is 0.431. The third-order valence-electron chi connectivity index (χ3n) is 3.15. The molecule has 0 saturated carbocycles. The maximum Gasteiger partial charge on any atom is 0.192 e. The van der Waals surface area contributed by atoms with E-state index in [4.69, 9.17) is 14.6 Å². The van der Waals surface area contributed by atoms with Crippen molar-refractivity contribution < 1.29 is 35.0 Å². The summed E-state index contributed by atoms with van der Waals surface area (Å²) in [6.45, 7) is -0.732. The van der Waals surface area contributed by atoms with Crippen molar-refractivity contribution in [3.05, 3.63) is 35.9 Å². The Kier molecular flexibility index (Phi) is 5.06. The molecule has 0 aromatic heterocycles. The van der Waals surface area contributed by atoms with Crippen molar-refractivity contribution in [2.45, 2.75) is 37.0 Å². The maximum atomic E-state index is 9.76. The second kappa shape index (κ2) is 6.59. The molecule has 1 aromatic rings. The van der Waals surface area contributed by atoms with Crippen LogP contribution in [0.4, 0.5) is 0 Å². The minimum Gasteiger partial charge on any atom is -0.394 e. The lowest BCUT2D eigenvalue weighted by atomic mass is 10.0. The summed E-state index contributed by atoms with van der Waals surface area (Å²) in [4.78, 5) is 0. The van der Waals surface area contributed by atoms with Crippen LogP contribution in [0.1, 0.15) is 11.9 Å². The number of rotatable bonds is 6. The Labute approximate surface area is 115 Å². The summed E-state index contributed by atoms with van der Waals surface area (Å²) in [5.41, 5.74) is 0.765.